The first-order chi connectivity index (χ1) is 8.22. The van der Waals surface area contributed by atoms with Gasteiger partial charge < -0.3 is 5.73 Å². The molecule has 0 saturated heterocycles. The molecule has 0 saturated carbocycles. The lowest BCUT2D eigenvalue weighted by Crippen LogP contribution is -2.06. The van der Waals surface area contributed by atoms with Gasteiger partial charge in [0, 0.05) is 12.1 Å². The number of aryl methyl sites for hydroxylation is 1. The lowest BCUT2D eigenvalue weighted by atomic mass is 10.1. The van der Waals surface area contributed by atoms with E-state index in [2.05, 4.69) is 10.3 Å². The van der Waals surface area contributed by atoms with Crippen LogP contribution in [-0.2, 0) is 6.54 Å². The van der Waals surface area contributed by atoms with Crippen LogP contribution in [0.1, 0.15) is 6.42 Å². The van der Waals surface area contributed by atoms with Crippen LogP contribution in [0, 0.1) is 11.6 Å². The summed E-state index contributed by atoms with van der Waals surface area (Å²) in [7, 11) is 0. The minimum atomic E-state index is -0.904. The molecule has 0 radical (unpaired) electrons. The van der Waals surface area contributed by atoms with Crippen LogP contribution in [0.5, 0.6) is 0 Å². The molecule has 6 heteroatoms. The first-order valence-corrected chi connectivity index (χ1v) is 5.27. The molecule has 0 spiro atoms. The summed E-state index contributed by atoms with van der Waals surface area (Å²) in [5, 5.41) is 7.63. The Morgan fingerprint density at radius 1 is 1.29 bits per heavy atom. The maximum atomic E-state index is 13.5. The van der Waals surface area contributed by atoms with Gasteiger partial charge in [0.25, 0.3) is 0 Å². The summed E-state index contributed by atoms with van der Waals surface area (Å²) in [5.74, 6) is -1.79. The number of hydrogen-bond donors (Lipinski definition) is 1. The highest BCUT2D eigenvalue weighted by atomic mass is 19.2. The minimum absolute atomic E-state index is 0.115. The smallest absolute Gasteiger partial charge is 0.168 e. The van der Waals surface area contributed by atoms with E-state index < -0.39 is 11.6 Å². The molecule has 0 fully saturated rings. The van der Waals surface area contributed by atoms with Crippen LogP contribution >= 0.6 is 0 Å². The minimum Gasteiger partial charge on any atom is -0.330 e. The zero-order valence-corrected chi connectivity index (χ0v) is 9.11. The maximum absolute atomic E-state index is 13.5. The monoisotopic (exact) mass is 238 g/mol. The van der Waals surface area contributed by atoms with Gasteiger partial charge in [-0.15, -0.1) is 5.10 Å². The Morgan fingerprint density at radius 3 is 2.88 bits per heavy atom. The zero-order valence-electron chi connectivity index (χ0n) is 9.11. The van der Waals surface area contributed by atoms with Gasteiger partial charge in [0.2, 0.25) is 0 Å². The fourth-order valence-electron chi connectivity index (χ4n) is 1.49. The molecule has 1 heterocycles. The molecular weight excluding hydrogens is 226 g/mol. The first kappa shape index (κ1) is 11.7. The van der Waals surface area contributed by atoms with E-state index in [0.29, 0.717) is 18.8 Å². The van der Waals surface area contributed by atoms with E-state index >= 15 is 0 Å². The highest BCUT2D eigenvalue weighted by Crippen LogP contribution is 2.21. The summed E-state index contributed by atoms with van der Waals surface area (Å²) < 4.78 is 28.1. The van der Waals surface area contributed by atoms with Crippen molar-refractivity contribution in [2.45, 2.75) is 13.0 Å². The zero-order chi connectivity index (χ0) is 12.3. The van der Waals surface area contributed by atoms with Crippen LogP contribution in [0.4, 0.5) is 8.78 Å². The van der Waals surface area contributed by atoms with Crippen LogP contribution in [0.15, 0.2) is 24.4 Å². The molecule has 0 aliphatic heterocycles. The van der Waals surface area contributed by atoms with Crippen LogP contribution in [-0.4, -0.2) is 21.5 Å². The average Bonchev–Trinajstić information content (AvgIpc) is 2.78. The van der Waals surface area contributed by atoms with Gasteiger partial charge in [-0.05, 0) is 25.1 Å². The summed E-state index contributed by atoms with van der Waals surface area (Å²) in [5.41, 5.74) is 5.80. The van der Waals surface area contributed by atoms with E-state index in [9.17, 15) is 8.78 Å². The van der Waals surface area contributed by atoms with Crippen LogP contribution in [0.2, 0.25) is 0 Å². The summed E-state index contributed by atoms with van der Waals surface area (Å²) in [4.78, 5) is 0. The predicted octanol–water partition coefficient (Wildman–Crippen LogP) is 1.57. The molecule has 2 rings (SSSR count). The van der Waals surface area contributed by atoms with E-state index in [1.807, 2.05) is 0 Å². The lowest BCUT2D eigenvalue weighted by molar-refractivity contribution is 0.511. The predicted molar refractivity (Wildman–Crippen MR) is 59.0 cm³/mol. The van der Waals surface area contributed by atoms with Crippen molar-refractivity contribution in [2.24, 2.45) is 5.73 Å². The van der Waals surface area contributed by atoms with Gasteiger partial charge in [-0.1, -0.05) is 11.3 Å². The van der Waals surface area contributed by atoms with Crippen molar-refractivity contribution in [3.63, 3.8) is 0 Å². The molecule has 0 unspecified atom stereocenters. The Morgan fingerprint density at radius 2 is 2.12 bits per heavy atom. The topological polar surface area (TPSA) is 56.7 Å². The number of halogens is 2. The third-order valence-corrected chi connectivity index (χ3v) is 2.36. The van der Waals surface area contributed by atoms with Gasteiger partial charge in [-0.2, -0.15) is 0 Å². The fraction of sp³-hybridized carbons (Fsp3) is 0.273. The lowest BCUT2D eigenvalue weighted by Gasteiger charge is -1.99. The molecule has 4 nitrogen and oxygen atoms in total. The van der Waals surface area contributed by atoms with Crippen LogP contribution in [0.25, 0.3) is 11.3 Å². The summed E-state index contributed by atoms with van der Waals surface area (Å²) >= 11 is 0. The second kappa shape index (κ2) is 5.01. The van der Waals surface area contributed by atoms with E-state index in [0.717, 1.165) is 12.5 Å². The van der Waals surface area contributed by atoms with Crippen molar-refractivity contribution in [2.75, 3.05) is 6.54 Å². The largest absolute Gasteiger partial charge is 0.330 e. The molecule has 0 aliphatic carbocycles. The van der Waals surface area contributed by atoms with Crippen molar-refractivity contribution in [1.82, 2.24) is 15.0 Å². The Balaban J connectivity index is 2.27. The number of aromatic nitrogens is 3. The van der Waals surface area contributed by atoms with Crippen molar-refractivity contribution in [3.8, 4) is 11.3 Å². The number of nitrogens with two attached hydrogens (primary N) is 1. The molecule has 2 N–H and O–H groups in total. The second-order valence-corrected chi connectivity index (χ2v) is 3.61. The van der Waals surface area contributed by atoms with Crippen molar-refractivity contribution in [3.05, 3.63) is 36.0 Å². The third kappa shape index (κ3) is 2.47. The van der Waals surface area contributed by atoms with Crippen molar-refractivity contribution in [1.29, 1.82) is 0 Å². The summed E-state index contributed by atoms with van der Waals surface area (Å²) in [6, 6.07) is 3.97. The van der Waals surface area contributed by atoms with E-state index in [-0.39, 0.29) is 5.56 Å². The van der Waals surface area contributed by atoms with E-state index in [4.69, 9.17) is 5.73 Å². The molecular formula is C11H12F2N4. The molecule has 1 aromatic heterocycles. The fourth-order valence-corrected chi connectivity index (χ4v) is 1.49. The van der Waals surface area contributed by atoms with Gasteiger partial charge in [0.05, 0.1) is 6.20 Å². The number of hydrogen-bond acceptors (Lipinski definition) is 3. The Kier molecular flexibility index (Phi) is 3.43. The highest BCUT2D eigenvalue weighted by Gasteiger charge is 2.12. The molecule has 0 bridgehead atoms. The van der Waals surface area contributed by atoms with Gasteiger partial charge in [-0.3, -0.25) is 4.68 Å². The quantitative estimate of drug-likeness (QED) is 0.879. The highest BCUT2D eigenvalue weighted by molar-refractivity contribution is 5.58. The Labute approximate surface area is 97.0 Å². The average molecular weight is 238 g/mol. The maximum Gasteiger partial charge on any atom is 0.168 e. The number of nitrogens with zero attached hydrogens (tertiary/aromatic N) is 3. The van der Waals surface area contributed by atoms with E-state index in [1.54, 1.807) is 10.9 Å². The standard InChI is InChI=1S/C11H12F2N4/c12-9-4-1-3-8(11(9)13)10-7-17(16-15-10)6-2-5-14/h1,3-4,7H,2,5-6,14H2. The van der Waals surface area contributed by atoms with E-state index in [1.165, 1.54) is 12.1 Å². The molecule has 0 aliphatic rings. The number of rotatable bonds is 4. The molecule has 0 atom stereocenters. The van der Waals surface area contributed by atoms with Crippen molar-refractivity contribution < 1.29 is 8.78 Å². The Bertz CT molecular complexity index is 510. The van der Waals surface area contributed by atoms with Gasteiger partial charge >= 0.3 is 0 Å². The van der Waals surface area contributed by atoms with Crippen LogP contribution < -0.4 is 5.73 Å². The Hall–Kier alpha value is -1.82. The van der Waals surface area contributed by atoms with Gasteiger partial charge in [0.1, 0.15) is 5.69 Å². The normalized spacial score (nSPS) is 10.8. The molecule has 90 valence electrons. The molecule has 2 aromatic rings. The first-order valence-electron chi connectivity index (χ1n) is 5.27. The number of benzene rings is 1. The molecule has 1 aromatic carbocycles. The van der Waals surface area contributed by atoms with Crippen molar-refractivity contribution >= 4 is 0 Å². The summed E-state index contributed by atoms with van der Waals surface area (Å²) in [6.45, 7) is 1.16. The second-order valence-electron chi connectivity index (χ2n) is 3.61. The molecule has 0 amide bonds. The molecule has 17 heavy (non-hydrogen) atoms. The van der Waals surface area contributed by atoms with Gasteiger partial charge in [0.15, 0.2) is 11.6 Å². The SMILES string of the molecule is NCCCn1cc(-c2cccc(F)c2F)nn1. The summed E-state index contributed by atoms with van der Waals surface area (Å²) in [6.07, 6.45) is 2.34. The third-order valence-electron chi connectivity index (χ3n) is 2.36. The van der Waals surface area contributed by atoms with Gasteiger partial charge in [-0.25, -0.2) is 8.78 Å². The van der Waals surface area contributed by atoms with Crippen LogP contribution in [0.3, 0.4) is 0 Å².